The molecule has 156 valence electrons. The molecule has 3 aromatic carbocycles. The van der Waals surface area contributed by atoms with Crippen LogP contribution in [0, 0.1) is 5.82 Å². The highest BCUT2D eigenvalue weighted by atomic mass is 79.9. The zero-order chi connectivity index (χ0) is 21.3. The van der Waals surface area contributed by atoms with E-state index in [0.29, 0.717) is 31.3 Å². The van der Waals surface area contributed by atoms with Gasteiger partial charge in [-0.1, -0.05) is 12.1 Å². The first-order valence-corrected chi connectivity index (χ1v) is 10.5. The maximum atomic E-state index is 13.1. The van der Waals surface area contributed by atoms with Crippen LogP contribution in [0.15, 0.2) is 70.1 Å². The second kappa shape index (κ2) is 10.8. The predicted molar refractivity (Wildman–Crippen MR) is 121 cm³/mol. The zero-order valence-electron chi connectivity index (χ0n) is 16.9. The standard InChI is InChI=1S/C24H23BrFNO3/c1-3-28-21-11-9-20(10-12-21)27-15-18-13-22(25)24(23(14-18)29-4-2)30-16-17-5-7-19(26)8-6-17/h5-15H,3-4,16H2,1-2H3. The van der Waals surface area contributed by atoms with E-state index in [1.807, 2.05) is 50.2 Å². The van der Waals surface area contributed by atoms with Crippen LogP contribution in [0.1, 0.15) is 25.0 Å². The van der Waals surface area contributed by atoms with Crippen LogP contribution in [0.2, 0.25) is 0 Å². The molecule has 0 aromatic heterocycles. The second-order valence-electron chi connectivity index (χ2n) is 6.36. The quantitative estimate of drug-likeness (QED) is 0.325. The molecule has 0 amide bonds. The van der Waals surface area contributed by atoms with Crippen LogP contribution in [-0.2, 0) is 6.61 Å². The normalized spacial score (nSPS) is 10.9. The lowest BCUT2D eigenvalue weighted by Gasteiger charge is -2.14. The van der Waals surface area contributed by atoms with Crippen LogP contribution in [0.4, 0.5) is 10.1 Å². The minimum absolute atomic E-state index is 0.272. The maximum Gasteiger partial charge on any atom is 0.175 e. The van der Waals surface area contributed by atoms with Crippen molar-refractivity contribution in [3.05, 3.63) is 82.1 Å². The van der Waals surface area contributed by atoms with Crippen molar-refractivity contribution in [2.45, 2.75) is 20.5 Å². The number of ether oxygens (including phenoxy) is 3. The molecule has 0 radical (unpaired) electrons. The molecule has 0 aliphatic carbocycles. The fourth-order valence-corrected chi connectivity index (χ4v) is 3.32. The molecule has 0 N–H and O–H groups in total. The number of halogens is 2. The minimum atomic E-state index is -0.272. The molecule has 0 spiro atoms. The van der Waals surface area contributed by atoms with Gasteiger partial charge in [0.25, 0.3) is 0 Å². The summed E-state index contributed by atoms with van der Waals surface area (Å²) in [5, 5.41) is 0. The van der Waals surface area contributed by atoms with Crippen molar-refractivity contribution in [2.24, 2.45) is 4.99 Å². The number of nitrogens with zero attached hydrogens (tertiary/aromatic N) is 1. The molecule has 0 atom stereocenters. The van der Waals surface area contributed by atoms with E-state index in [4.69, 9.17) is 14.2 Å². The van der Waals surface area contributed by atoms with Crippen molar-refractivity contribution in [1.82, 2.24) is 0 Å². The number of aliphatic imine (C=N–C) groups is 1. The van der Waals surface area contributed by atoms with Crippen LogP contribution in [0.3, 0.4) is 0 Å². The van der Waals surface area contributed by atoms with E-state index in [1.165, 1.54) is 12.1 Å². The van der Waals surface area contributed by atoms with Crippen molar-refractivity contribution in [1.29, 1.82) is 0 Å². The fraction of sp³-hybridized carbons (Fsp3) is 0.208. The van der Waals surface area contributed by atoms with Gasteiger partial charge >= 0.3 is 0 Å². The highest BCUT2D eigenvalue weighted by Crippen LogP contribution is 2.37. The summed E-state index contributed by atoms with van der Waals surface area (Å²) >= 11 is 3.56. The van der Waals surface area contributed by atoms with E-state index < -0.39 is 0 Å². The number of hydrogen-bond donors (Lipinski definition) is 0. The third-order valence-corrected chi connectivity index (χ3v) is 4.73. The van der Waals surface area contributed by atoms with E-state index in [0.717, 1.165) is 27.0 Å². The molecule has 0 saturated carbocycles. The molecule has 0 saturated heterocycles. The van der Waals surface area contributed by atoms with Crippen molar-refractivity contribution < 1.29 is 18.6 Å². The summed E-state index contributed by atoms with van der Waals surface area (Å²) in [5.41, 5.74) is 2.56. The molecular formula is C24H23BrFNO3. The van der Waals surface area contributed by atoms with Crippen LogP contribution in [-0.4, -0.2) is 19.4 Å². The first kappa shape index (κ1) is 21.8. The third kappa shape index (κ3) is 6.07. The van der Waals surface area contributed by atoms with Crippen LogP contribution < -0.4 is 14.2 Å². The average Bonchev–Trinajstić information content (AvgIpc) is 2.74. The van der Waals surface area contributed by atoms with Crippen molar-refractivity contribution in [3.63, 3.8) is 0 Å². The first-order chi connectivity index (χ1) is 14.6. The van der Waals surface area contributed by atoms with Gasteiger partial charge in [0.1, 0.15) is 18.2 Å². The largest absolute Gasteiger partial charge is 0.494 e. The molecule has 6 heteroatoms. The molecular weight excluding hydrogens is 449 g/mol. The molecule has 0 aliphatic heterocycles. The van der Waals surface area contributed by atoms with Gasteiger partial charge in [0.2, 0.25) is 0 Å². The Morgan fingerprint density at radius 1 is 0.900 bits per heavy atom. The van der Waals surface area contributed by atoms with Gasteiger partial charge in [-0.15, -0.1) is 0 Å². The Hall–Kier alpha value is -2.86. The smallest absolute Gasteiger partial charge is 0.175 e. The van der Waals surface area contributed by atoms with E-state index in [1.54, 1.807) is 18.3 Å². The Kier molecular flexibility index (Phi) is 7.85. The van der Waals surface area contributed by atoms with Crippen LogP contribution in [0.5, 0.6) is 17.2 Å². The highest BCUT2D eigenvalue weighted by molar-refractivity contribution is 9.10. The molecule has 3 rings (SSSR count). The molecule has 4 nitrogen and oxygen atoms in total. The van der Waals surface area contributed by atoms with E-state index in [9.17, 15) is 4.39 Å². The molecule has 0 bridgehead atoms. The summed E-state index contributed by atoms with van der Waals surface area (Å²) < 4.78 is 31.0. The second-order valence-corrected chi connectivity index (χ2v) is 7.22. The van der Waals surface area contributed by atoms with Gasteiger partial charge in [-0.2, -0.15) is 0 Å². The van der Waals surface area contributed by atoms with Gasteiger partial charge in [-0.05, 0) is 89.4 Å². The Balaban J connectivity index is 1.76. The molecule has 0 heterocycles. The molecule has 0 unspecified atom stereocenters. The molecule has 3 aromatic rings. The summed E-state index contributed by atoms with van der Waals surface area (Å²) in [4.78, 5) is 4.52. The van der Waals surface area contributed by atoms with E-state index in [-0.39, 0.29) is 5.82 Å². The Morgan fingerprint density at radius 2 is 1.60 bits per heavy atom. The zero-order valence-corrected chi connectivity index (χ0v) is 18.5. The van der Waals surface area contributed by atoms with Gasteiger partial charge in [-0.25, -0.2) is 4.39 Å². The predicted octanol–water partition coefficient (Wildman–Crippen LogP) is 6.72. The molecule has 30 heavy (non-hydrogen) atoms. The summed E-state index contributed by atoms with van der Waals surface area (Å²) in [6.45, 7) is 5.30. The monoisotopic (exact) mass is 471 g/mol. The highest BCUT2D eigenvalue weighted by Gasteiger charge is 2.12. The van der Waals surface area contributed by atoms with Gasteiger partial charge in [0.05, 0.1) is 23.4 Å². The van der Waals surface area contributed by atoms with Gasteiger partial charge in [-0.3, -0.25) is 4.99 Å². The number of rotatable bonds is 9. The fourth-order valence-electron chi connectivity index (χ4n) is 2.75. The van der Waals surface area contributed by atoms with Crippen molar-refractivity contribution in [2.75, 3.05) is 13.2 Å². The lowest BCUT2D eigenvalue weighted by molar-refractivity contribution is 0.267. The van der Waals surface area contributed by atoms with Gasteiger partial charge in [0.15, 0.2) is 11.5 Å². The topological polar surface area (TPSA) is 40.0 Å². The number of hydrogen-bond acceptors (Lipinski definition) is 4. The Morgan fingerprint density at radius 3 is 2.27 bits per heavy atom. The summed E-state index contributed by atoms with van der Waals surface area (Å²) in [6.07, 6.45) is 1.77. The number of benzene rings is 3. The lowest BCUT2D eigenvalue weighted by Crippen LogP contribution is -2.01. The Labute approximate surface area is 184 Å². The summed E-state index contributed by atoms with van der Waals surface area (Å²) in [7, 11) is 0. The Bertz CT molecular complexity index is 989. The SMILES string of the molecule is CCOc1ccc(N=Cc2cc(Br)c(OCc3ccc(F)cc3)c(OCC)c2)cc1. The summed E-state index contributed by atoms with van der Waals surface area (Å²) in [6, 6.07) is 17.6. The van der Waals surface area contributed by atoms with Crippen LogP contribution in [0.25, 0.3) is 0 Å². The van der Waals surface area contributed by atoms with E-state index in [2.05, 4.69) is 20.9 Å². The first-order valence-electron chi connectivity index (χ1n) is 9.69. The minimum Gasteiger partial charge on any atom is -0.494 e. The van der Waals surface area contributed by atoms with Gasteiger partial charge in [0, 0.05) is 6.21 Å². The van der Waals surface area contributed by atoms with Gasteiger partial charge < -0.3 is 14.2 Å². The lowest BCUT2D eigenvalue weighted by atomic mass is 10.2. The van der Waals surface area contributed by atoms with Crippen LogP contribution >= 0.6 is 15.9 Å². The van der Waals surface area contributed by atoms with Crippen molar-refractivity contribution in [3.8, 4) is 17.2 Å². The maximum absolute atomic E-state index is 13.1. The van der Waals surface area contributed by atoms with E-state index >= 15 is 0 Å². The third-order valence-electron chi connectivity index (χ3n) is 4.14. The average molecular weight is 472 g/mol. The molecule has 0 aliphatic rings. The molecule has 0 fully saturated rings. The summed E-state index contributed by atoms with van der Waals surface area (Å²) in [5.74, 6) is 1.76. The van der Waals surface area contributed by atoms with Crippen molar-refractivity contribution >= 4 is 27.8 Å².